The van der Waals surface area contributed by atoms with Crippen LogP contribution in [0, 0.1) is 5.82 Å². The average molecular weight is 446 g/mol. The lowest BCUT2D eigenvalue weighted by Gasteiger charge is -2.24. The van der Waals surface area contributed by atoms with Crippen LogP contribution in [0.25, 0.3) is 10.2 Å². The van der Waals surface area contributed by atoms with Crippen LogP contribution in [-0.2, 0) is 4.79 Å². The second kappa shape index (κ2) is 9.51. The number of carbonyl (C=O) groups excluding carboxylic acids is 1. The van der Waals surface area contributed by atoms with Gasteiger partial charge in [-0.1, -0.05) is 35.4 Å². The number of aromatic nitrogens is 2. The van der Waals surface area contributed by atoms with E-state index in [9.17, 15) is 9.18 Å². The Kier molecular flexibility index (Phi) is 6.56. The number of likely N-dealkylation sites (tertiary alicyclic amines) is 1. The normalized spacial score (nSPS) is 15.0. The van der Waals surface area contributed by atoms with Gasteiger partial charge < -0.3 is 10.6 Å². The molecule has 2 N–H and O–H groups in total. The van der Waals surface area contributed by atoms with Crippen molar-refractivity contribution >= 4 is 55.6 Å². The summed E-state index contributed by atoms with van der Waals surface area (Å²) in [5.74, 6) is -0.102. The third kappa shape index (κ3) is 5.13. The van der Waals surface area contributed by atoms with Crippen molar-refractivity contribution in [2.24, 2.45) is 0 Å². The van der Waals surface area contributed by atoms with Gasteiger partial charge in [-0.2, -0.15) is 0 Å². The Morgan fingerprint density at radius 1 is 1.23 bits per heavy atom. The summed E-state index contributed by atoms with van der Waals surface area (Å²) in [6.45, 7) is 2.98. The second-order valence-electron chi connectivity index (χ2n) is 7.06. The molecule has 156 valence electrons. The minimum absolute atomic E-state index is 0.0277. The summed E-state index contributed by atoms with van der Waals surface area (Å²) < 4.78 is 13.4. The Hall–Kier alpha value is -2.55. The Balaban J connectivity index is 1.43. The van der Waals surface area contributed by atoms with Gasteiger partial charge in [0.25, 0.3) is 0 Å². The van der Waals surface area contributed by atoms with Gasteiger partial charge in [0.2, 0.25) is 5.91 Å². The molecule has 1 saturated heterocycles. The SMILES string of the molecule is O=C(/C=C/CN1CCCCC1)Nc1cc2c(Nc3ccc(F)c(Cl)c3)ncnc2s1. The van der Waals surface area contributed by atoms with E-state index >= 15 is 0 Å². The van der Waals surface area contributed by atoms with E-state index in [1.165, 1.54) is 49.1 Å². The van der Waals surface area contributed by atoms with Gasteiger partial charge in [-0.05, 0) is 50.2 Å². The van der Waals surface area contributed by atoms with Crippen molar-refractivity contribution in [3.8, 4) is 0 Å². The summed E-state index contributed by atoms with van der Waals surface area (Å²) in [5, 5.41) is 7.48. The van der Waals surface area contributed by atoms with Crippen LogP contribution in [0.4, 0.5) is 20.9 Å². The van der Waals surface area contributed by atoms with Gasteiger partial charge in [0.05, 0.1) is 15.4 Å². The summed E-state index contributed by atoms with van der Waals surface area (Å²) >= 11 is 7.21. The first-order valence-corrected chi connectivity index (χ1v) is 10.9. The van der Waals surface area contributed by atoms with E-state index in [-0.39, 0.29) is 10.9 Å². The van der Waals surface area contributed by atoms with Crippen molar-refractivity contribution in [2.45, 2.75) is 19.3 Å². The fraction of sp³-hybridized carbons (Fsp3) is 0.286. The third-order valence-electron chi connectivity index (χ3n) is 4.84. The molecule has 0 aliphatic carbocycles. The molecule has 0 unspecified atom stereocenters. The topological polar surface area (TPSA) is 70.2 Å². The lowest BCUT2D eigenvalue weighted by molar-refractivity contribution is -0.111. The quantitative estimate of drug-likeness (QED) is 0.510. The highest BCUT2D eigenvalue weighted by Crippen LogP contribution is 2.33. The van der Waals surface area contributed by atoms with Crippen molar-refractivity contribution in [1.29, 1.82) is 0 Å². The molecular formula is C21H21ClFN5OS. The van der Waals surface area contributed by atoms with Gasteiger partial charge in [-0.25, -0.2) is 14.4 Å². The number of fused-ring (bicyclic) bond motifs is 1. The standard InChI is InChI=1S/C21H21ClFN5OS/c22-16-11-14(6-7-17(16)23)26-20-15-12-19(30-21(15)25-13-24-20)27-18(29)5-4-10-28-8-2-1-3-9-28/h4-7,11-13H,1-3,8-10H2,(H,27,29)(H,24,25,26)/b5-4+. The second-order valence-corrected chi connectivity index (χ2v) is 8.50. The molecule has 30 heavy (non-hydrogen) atoms. The van der Waals surface area contributed by atoms with Crippen LogP contribution in [0.2, 0.25) is 5.02 Å². The maximum atomic E-state index is 13.4. The molecule has 1 aliphatic rings. The number of carbonyl (C=O) groups is 1. The number of thiophene rings is 1. The van der Waals surface area contributed by atoms with E-state index in [2.05, 4.69) is 25.5 Å². The number of hydrogen-bond donors (Lipinski definition) is 2. The molecule has 2 aromatic heterocycles. The number of halogens is 2. The van der Waals surface area contributed by atoms with Crippen LogP contribution in [0.5, 0.6) is 0 Å². The van der Waals surface area contributed by atoms with E-state index in [0.29, 0.717) is 16.5 Å². The van der Waals surface area contributed by atoms with Crippen LogP contribution < -0.4 is 10.6 Å². The number of amides is 1. The molecule has 0 bridgehead atoms. The predicted molar refractivity (Wildman–Crippen MR) is 120 cm³/mol. The van der Waals surface area contributed by atoms with E-state index in [4.69, 9.17) is 11.6 Å². The predicted octanol–water partition coefficient (Wildman–Crippen LogP) is 5.21. The molecule has 1 aliphatic heterocycles. The Morgan fingerprint density at radius 2 is 2.07 bits per heavy atom. The molecule has 3 heterocycles. The minimum Gasteiger partial charge on any atom is -0.340 e. The number of nitrogens with zero attached hydrogens (tertiary/aromatic N) is 3. The van der Waals surface area contributed by atoms with E-state index in [1.807, 2.05) is 12.1 Å². The Morgan fingerprint density at radius 3 is 2.87 bits per heavy atom. The van der Waals surface area contributed by atoms with Gasteiger partial charge in [-0.3, -0.25) is 9.69 Å². The number of anilines is 3. The summed E-state index contributed by atoms with van der Waals surface area (Å²) in [6, 6.07) is 6.19. The van der Waals surface area contributed by atoms with E-state index < -0.39 is 5.82 Å². The molecule has 0 radical (unpaired) electrons. The molecule has 0 saturated carbocycles. The highest BCUT2D eigenvalue weighted by molar-refractivity contribution is 7.22. The van der Waals surface area contributed by atoms with Crippen molar-refractivity contribution in [1.82, 2.24) is 14.9 Å². The highest BCUT2D eigenvalue weighted by Gasteiger charge is 2.12. The molecule has 4 rings (SSSR count). The zero-order valence-electron chi connectivity index (χ0n) is 16.2. The molecule has 1 amide bonds. The largest absolute Gasteiger partial charge is 0.340 e. The molecule has 3 aromatic rings. The van der Waals surface area contributed by atoms with Crippen molar-refractivity contribution in [2.75, 3.05) is 30.3 Å². The van der Waals surface area contributed by atoms with Gasteiger partial charge in [0.15, 0.2) is 0 Å². The maximum Gasteiger partial charge on any atom is 0.248 e. The van der Waals surface area contributed by atoms with Crippen LogP contribution in [0.1, 0.15) is 19.3 Å². The Labute approximate surface area is 182 Å². The minimum atomic E-state index is -0.482. The number of rotatable bonds is 6. The Bertz CT molecular complexity index is 1080. The molecule has 0 atom stereocenters. The van der Waals surface area contributed by atoms with E-state index in [0.717, 1.165) is 29.9 Å². The van der Waals surface area contributed by atoms with Crippen LogP contribution in [0.15, 0.2) is 42.7 Å². The summed E-state index contributed by atoms with van der Waals surface area (Å²) in [4.78, 5) is 23.9. The fourth-order valence-electron chi connectivity index (χ4n) is 3.34. The number of nitrogens with one attached hydrogen (secondary N) is 2. The van der Waals surface area contributed by atoms with Crippen molar-refractivity contribution in [3.05, 3.63) is 53.6 Å². The smallest absolute Gasteiger partial charge is 0.248 e. The van der Waals surface area contributed by atoms with Crippen LogP contribution >= 0.6 is 22.9 Å². The summed E-state index contributed by atoms with van der Waals surface area (Å²) in [6.07, 6.45) is 8.66. The monoisotopic (exact) mass is 445 g/mol. The molecule has 9 heteroatoms. The van der Waals surface area contributed by atoms with Gasteiger partial charge >= 0.3 is 0 Å². The zero-order valence-corrected chi connectivity index (χ0v) is 17.8. The maximum absolute atomic E-state index is 13.4. The molecule has 0 spiro atoms. The van der Waals surface area contributed by atoms with Crippen LogP contribution in [-0.4, -0.2) is 40.4 Å². The van der Waals surface area contributed by atoms with Crippen molar-refractivity contribution in [3.63, 3.8) is 0 Å². The summed E-state index contributed by atoms with van der Waals surface area (Å²) in [5.41, 5.74) is 0.610. The number of piperidine rings is 1. The third-order valence-corrected chi connectivity index (χ3v) is 6.09. The number of benzene rings is 1. The molecule has 6 nitrogen and oxygen atoms in total. The highest BCUT2D eigenvalue weighted by atomic mass is 35.5. The van der Waals surface area contributed by atoms with Crippen LogP contribution in [0.3, 0.4) is 0 Å². The summed E-state index contributed by atoms with van der Waals surface area (Å²) in [7, 11) is 0. The fourth-order valence-corrected chi connectivity index (χ4v) is 4.42. The first-order valence-electron chi connectivity index (χ1n) is 9.75. The lowest BCUT2D eigenvalue weighted by atomic mass is 10.1. The number of hydrogen-bond acceptors (Lipinski definition) is 6. The van der Waals surface area contributed by atoms with Crippen molar-refractivity contribution < 1.29 is 9.18 Å². The molecular weight excluding hydrogens is 425 g/mol. The lowest BCUT2D eigenvalue weighted by Crippen LogP contribution is -2.29. The van der Waals surface area contributed by atoms with Gasteiger partial charge in [0, 0.05) is 18.3 Å². The molecule has 1 fully saturated rings. The van der Waals surface area contributed by atoms with E-state index in [1.54, 1.807) is 12.1 Å². The first kappa shape index (κ1) is 20.7. The first-order chi connectivity index (χ1) is 14.6. The zero-order chi connectivity index (χ0) is 20.9. The average Bonchev–Trinajstić information content (AvgIpc) is 3.15. The van der Waals surface area contributed by atoms with Gasteiger partial charge in [0.1, 0.15) is 22.8 Å². The molecule has 1 aromatic carbocycles. The van der Waals surface area contributed by atoms with Gasteiger partial charge in [-0.15, -0.1) is 0 Å².